The summed E-state index contributed by atoms with van der Waals surface area (Å²) in [6.45, 7) is 6.76. The van der Waals surface area contributed by atoms with E-state index >= 15 is 0 Å². The van der Waals surface area contributed by atoms with E-state index in [4.69, 9.17) is 16.3 Å². The Hall–Kier alpha value is -3.31. The average Bonchev–Trinajstić information content (AvgIpc) is 2.85. The van der Waals surface area contributed by atoms with Crippen LogP contribution in [0, 0.1) is 12.8 Å². The molecule has 0 spiro atoms. The van der Waals surface area contributed by atoms with Gasteiger partial charge in [0.15, 0.2) is 6.61 Å². The van der Waals surface area contributed by atoms with Gasteiger partial charge in [0.1, 0.15) is 11.8 Å². The summed E-state index contributed by atoms with van der Waals surface area (Å²) < 4.78 is 5.76. The maximum atomic E-state index is 13.5. The predicted molar refractivity (Wildman–Crippen MR) is 140 cm³/mol. The number of hydrogen-bond acceptors (Lipinski definition) is 3. The average molecular weight is 493 g/mol. The lowest BCUT2D eigenvalue weighted by Crippen LogP contribution is -2.52. The molecular formula is C29H33ClN2O3. The Bertz CT molecular complexity index is 1100. The van der Waals surface area contributed by atoms with Gasteiger partial charge in [-0.15, -0.1) is 0 Å². The molecule has 2 amide bonds. The van der Waals surface area contributed by atoms with Crippen LogP contribution in [0.25, 0.3) is 0 Å². The van der Waals surface area contributed by atoms with E-state index in [0.717, 1.165) is 16.7 Å². The lowest BCUT2D eigenvalue weighted by molar-refractivity contribution is -0.142. The van der Waals surface area contributed by atoms with Crippen molar-refractivity contribution >= 4 is 23.4 Å². The quantitative estimate of drug-likeness (QED) is 0.387. The first kappa shape index (κ1) is 26.3. The summed E-state index contributed by atoms with van der Waals surface area (Å²) in [7, 11) is 0. The van der Waals surface area contributed by atoms with Gasteiger partial charge in [-0.3, -0.25) is 9.59 Å². The Kier molecular flexibility index (Phi) is 9.74. The molecule has 5 nitrogen and oxygen atoms in total. The van der Waals surface area contributed by atoms with Gasteiger partial charge in [0, 0.05) is 24.5 Å². The molecular weight excluding hydrogens is 460 g/mol. The summed E-state index contributed by atoms with van der Waals surface area (Å²) in [6, 6.07) is 23.9. The molecule has 0 aliphatic heterocycles. The van der Waals surface area contributed by atoms with E-state index in [1.165, 1.54) is 0 Å². The number of hydrogen-bond donors (Lipinski definition) is 1. The zero-order valence-corrected chi connectivity index (χ0v) is 21.3. The predicted octanol–water partition coefficient (Wildman–Crippen LogP) is 5.44. The van der Waals surface area contributed by atoms with Gasteiger partial charge in [-0.05, 0) is 48.2 Å². The van der Waals surface area contributed by atoms with E-state index in [1.54, 1.807) is 29.2 Å². The summed E-state index contributed by atoms with van der Waals surface area (Å²) >= 11 is 5.96. The number of amides is 2. The minimum atomic E-state index is -0.682. The molecule has 1 atom stereocenters. The molecule has 0 fully saturated rings. The molecule has 0 radical (unpaired) electrons. The fourth-order valence-electron chi connectivity index (χ4n) is 3.74. The Morgan fingerprint density at radius 3 is 2.29 bits per heavy atom. The summed E-state index contributed by atoms with van der Waals surface area (Å²) in [5.74, 6) is 0.407. The van der Waals surface area contributed by atoms with E-state index in [0.29, 0.717) is 36.2 Å². The van der Waals surface area contributed by atoms with Crippen LogP contribution in [0.4, 0.5) is 0 Å². The van der Waals surface area contributed by atoms with Gasteiger partial charge >= 0.3 is 0 Å². The summed E-state index contributed by atoms with van der Waals surface area (Å²) in [6.07, 6.45) is 0.406. The number of nitrogens with zero attached hydrogens (tertiary/aromatic N) is 1. The molecule has 3 aromatic carbocycles. The van der Waals surface area contributed by atoms with E-state index in [2.05, 4.69) is 5.32 Å². The van der Waals surface area contributed by atoms with Crippen molar-refractivity contribution in [3.8, 4) is 5.75 Å². The third-order valence-electron chi connectivity index (χ3n) is 5.57. The molecule has 0 saturated heterocycles. The van der Waals surface area contributed by atoms with Gasteiger partial charge in [0.2, 0.25) is 5.91 Å². The third-order valence-corrected chi connectivity index (χ3v) is 5.82. The fraction of sp³-hybridized carbons (Fsp3) is 0.310. The standard InChI is InChI=1S/C29H33ClN2O3/c1-21(2)18-31-29(34)27(17-23-9-5-4-6-10-23)32(19-24-11-7-8-22(3)16-24)28(33)20-35-26-14-12-25(30)13-15-26/h4-16,21,27H,17-20H2,1-3H3,(H,31,34)/t27-/m0/s1. The minimum absolute atomic E-state index is 0.171. The van der Waals surface area contributed by atoms with Crippen molar-refractivity contribution in [2.24, 2.45) is 5.92 Å². The van der Waals surface area contributed by atoms with Gasteiger partial charge in [-0.25, -0.2) is 0 Å². The van der Waals surface area contributed by atoms with Crippen LogP contribution in [0.5, 0.6) is 5.75 Å². The number of rotatable bonds is 11. The number of aryl methyl sites for hydroxylation is 1. The first-order chi connectivity index (χ1) is 16.8. The molecule has 3 rings (SSSR count). The highest BCUT2D eigenvalue weighted by Gasteiger charge is 2.30. The number of benzene rings is 3. The summed E-state index contributed by atoms with van der Waals surface area (Å²) in [5.41, 5.74) is 3.04. The minimum Gasteiger partial charge on any atom is -0.484 e. The van der Waals surface area contributed by atoms with Crippen LogP contribution >= 0.6 is 11.6 Å². The zero-order chi connectivity index (χ0) is 25.2. The number of carbonyl (C=O) groups excluding carboxylic acids is 2. The van der Waals surface area contributed by atoms with Crippen LogP contribution in [-0.4, -0.2) is 35.9 Å². The molecule has 35 heavy (non-hydrogen) atoms. The van der Waals surface area contributed by atoms with E-state index in [1.807, 2.05) is 75.4 Å². The van der Waals surface area contributed by atoms with Gasteiger partial charge < -0.3 is 15.0 Å². The smallest absolute Gasteiger partial charge is 0.261 e. The monoisotopic (exact) mass is 492 g/mol. The second-order valence-electron chi connectivity index (χ2n) is 9.10. The van der Waals surface area contributed by atoms with Crippen LogP contribution < -0.4 is 10.1 Å². The molecule has 0 aliphatic carbocycles. The zero-order valence-electron chi connectivity index (χ0n) is 20.5. The van der Waals surface area contributed by atoms with Crippen molar-refractivity contribution in [1.29, 1.82) is 0 Å². The number of carbonyl (C=O) groups is 2. The highest BCUT2D eigenvalue weighted by atomic mass is 35.5. The van der Waals surface area contributed by atoms with Crippen molar-refractivity contribution in [2.45, 2.75) is 39.8 Å². The van der Waals surface area contributed by atoms with Gasteiger partial charge in [0.05, 0.1) is 0 Å². The van der Waals surface area contributed by atoms with Gasteiger partial charge in [-0.1, -0.05) is 85.6 Å². The molecule has 184 valence electrons. The van der Waals surface area contributed by atoms with Crippen molar-refractivity contribution in [3.63, 3.8) is 0 Å². The Labute approximate surface area is 213 Å². The second-order valence-corrected chi connectivity index (χ2v) is 9.53. The largest absolute Gasteiger partial charge is 0.484 e. The number of ether oxygens (including phenoxy) is 1. The molecule has 0 bridgehead atoms. The molecule has 0 heterocycles. The van der Waals surface area contributed by atoms with Gasteiger partial charge in [0.25, 0.3) is 5.91 Å². The molecule has 0 saturated carbocycles. The SMILES string of the molecule is Cc1cccc(CN(C(=O)COc2ccc(Cl)cc2)[C@@H](Cc2ccccc2)C(=O)NCC(C)C)c1. The third kappa shape index (κ3) is 8.45. The lowest BCUT2D eigenvalue weighted by Gasteiger charge is -2.31. The summed E-state index contributed by atoms with van der Waals surface area (Å²) in [5, 5.41) is 3.62. The fourth-order valence-corrected chi connectivity index (χ4v) is 3.87. The van der Waals surface area contributed by atoms with Crippen LogP contribution in [0.3, 0.4) is 0 Å². The van der Waals surface area contributed by atoms with E-state index in [-0.39, 0.29) is 18.4 Å². The molecule has 3 aromatic rings. The highest BCUT2D eigenvalue weighted by Crippen LogP contribution is 2.18. The van der Waals surface area contributed by atoms with Crippen LogP contribution in [-0.2, 0) is 22.6 Å². The topological polar surface area (TPSA) is 58.6 Å². The molecule has 6 heteroatoms. The lowest BCUT2D eigenvalue weighted by atomic mass is 10.0. The van der Waals surface area contributed by atoms with Crippen LogP contribution in [0.15, 0.2) is 78.9 Å². The first-order valence-electron chi connectivity index (χ1n) is 11.9. The van der Waals surface area contributed by atoms with Crippen LogP contribution in [0.1, 0.15) is 30.5 Å². The molecule has 0 aliphatic rings. The Morgan fingerprint density at radius 1 is 0.943 bits per heavy atom. The van der Waals surface area contributed by atoms with Gasteiger partial charge in [-0.2, -0.15) is 0 Å². The molecule has 0 unspecified atom stereocenters. The van der Waals surface area contributed by atoms with Crippen molar-refractivity contribution in [3.05, 3.63) is 101 Å². The Balaban J connectivity index is 1.89. The first-order valence-corrected chi connectivity index (χ1v) is 12.2. The highest BCUT2D eigenvalue weighted by molar-refractivity contribution is 6.30. The van der Waals surface area contributed by atoms with E-state index in [9.17, 15) is 9.59 Å². The number of halogens is 1. The normalized spacial score (nSPS) is 11.7. The van der Waals surface area contributed by atoms with Crippen LogP contribution in [0.2, 0.25) is 5.02 Å². The number of nitrogens with one attached hydrogen (secondary N) is 1. The summed E-state index contributed by atoms with van der Waals surface area (Å²) in [4.78, 5) is 28.6. The Morgan fingerprint density at radius 2 is 1.63 bits per heavy atom. The molecule has 1 N–H and O–H groups in total. The maximum absolute atomic E-state index is 13.5. The second kappa shape index (κ2) is 13.0. The van der Waals surface area contributed by atoms with E-state index < -0.39 is 6.04 Å². The van der Waals surface area contributed by atoms with Crippen molar-refractivity contribution < 1.29 is 14.3 Å². The maximum Gasteiger partial charge on any atom is 0.261 e. The van der Waals surface area contributed by atoms with Crippen molar-refractivity contribution in [2.75, 3.05) is 13.2 Å². The van der Waals surface area contributed by atoms with Crippen molar-refractivity contribution in [1.82, 2.24) is 10.2 Å². The molecule has 0 aromatic heterocycles.